The lowest BCUT2D eigenvalue weighted by Gasteiger charge is -2.39. The number of piperazine rings is 1. The molecule has 3 aromatic rings. The van der Waals surface area contributed by atoms with Gasteiger partial charge in [0.05, 0.1) is 10.9 Å². The Morgan fingerprint density at radius 2 is 1.38 bits per heavy atom. The first-order valence-corrected chi connectivity index (χ1v) is 13.8. The minimum absolute atomic E-state index is 0.0513. The lowest BCUT2D eigenvalue weighted by atomic mass is 9.96. The molecule has 2 aliphatic heterocycles. The van der Waals surface area contributed by atoms with E-state index >= 15 is 0 Å². The van der Waals surface area contributed by atoms with E-state index in [1.54, 1.807) is 47.4 Å². The lowest BCUT2D eigenvalue weighted by molar-refractivity contribution is -0.116. The molecule has 37 heavy (non-hydrogen) atoms. The number of sulfonamides is 1. The molecule has 0 N–H and O–H groups in total. The maximum Gasteiger partial charge on any atom is 0.243 e. The Hall–Kier alpha value is -3.14. The molecule has 9 heteroatoms. The SMILES string of the molecule is CC(=O)N1CCCc2cc(S(=O)(=O)N3CCN(C(c4ccc(F)cc4)c4ccc(F)cc4)CC3)ccc21. The first-order chi connectivity index (χ1) is 17.7. The fourth-order valence-corrected chi connectivity index (χ4v) is 6.79. The second kappa shape index (κ2) is 10.3. The van der Waals surface area contributed by atoms with E-state index in [1.807, 2.05) is 0 Å². The van der Waals surface area contributed by atoms with Crippen molar-refractivity contribution in [3.8, 4) is 0 Å². The summed E-state index contributed by atoms with van der Waals surface area (Å²) in [7, 11) is -3.72. The van der Waals surface area contributed by atoms with Gasteiger partial charge in [0.15, 0.2) is 0 Å². The number of carbonyl (C=O) groups is 1. The van der Waals surface area contributed by atoms with Gasteiger partial charge in [0.25, 0.3) is 0 Å². The molecule has 194 valence electrons. The maximum atomic E-state index is 13.6. The highest BCUT2D eigenvalue weighted by molar-refractivity contribution is 7.89. The first kappa shape index (κ1) is 25.5. The van der Waals surface area contributed by atoms with Crippen molar-refractivity contribution in [2.45, 2.75) is 30.7 Å². The molecule has 1 fully saturated rings. The largest absolute Gasteiger partial charge is 0.312 e. The number of amides is 1. The van der Waals surface area contributed by atoms with Crippen molar-refractivity contribution in [3.05, 3.63) is 95.1 Å². The van der Waals surface area contributed by atoms with Crippen LogP contribution < -0.4 is 4.90 Å². The van der Waals surface area contributed by atoms with Crippen molar-refractivity contribution in [3.63, 3.8) is 0 Å². The minimum Gasteiger partial charge on any atom is -0.312 e. The number of fused-ring (bicyclic) bond motifs is 1. The molecule has 0 unspecified atom stereocenters. The molecule has 0 atom stereocenters. The number of carbonyl (C=O) groups excluding carboxylic acids is 1. The van der Waals surface area contributed by atoms with E-state index in [0.29, 0.717) is 19.6 Å². The van der Waals surface area contributed by atoms with Crippen LogP contribution in [0.3, 0.4) is 0 Å². The van der Waals surface area contributed by atoms with Crippen molar-refractivity contribution in [1.82, 2.24) is 9.21 Å². The van der Waals surface area contributed by atoms with Gasteiger partial charge in [-0.2, -0.15) is 4.31 Å². The quantitative estimate of drug-likeness (QED) is 0.497. The van der Waals surface area contributed by atoms with Gasteiger partial charge in [-0.05, 0) is 72.0 Å². The molecule has 2 aliphatic rings. The summed E-state index contributed by atoms with van der Waals surface area (Å²) in [6.45, 7) is 3.66. The molecule has 2 heterocycles. The summed E-state index contributed by atoms with van der Waals surface area (Å²) in [5, 5.41) is 0. The van der Waals surface area contributed by atoms with Gasteiger partial charge in [-0.25, -0.2) is 17.2 Å². The molecule has 3 aromatic carbocycles. The smallest absolute Gasteiger partial charge is 0.243 e. The van der Waals surface area contributed by atoms with Crippen LogP contribution in [0, 0.1) is 11.6 Å². The van der Waals surface area contributed by atoms with Crippen molar-refractivity contribution < 1.29 is 22.0 Å². The van der Waals surface area contributed by atoms with Crippen LogP contribution in [0.15, 0.2) is 71.6 Å². The molecular weight excluding hydrogens is 496 g/mol. The van der Waals surface area contributed by atoms with Gasteiger partial charge in [-0.3, -0.25) is 9.69 Å². The number of aryl methyl sites for hydroxylation is 1. The van der Waals surface area contributed by atoms with Crippen LogP contribution in [-0.2, 0) is 21.2 Å². The predicted molar refractivity (Wildman–Crippen MR) is 138 cm³/mol. The van der Waals surface area contributed by atoms with Gasteiger partial charge in [0.1, 0.15) is 11.6 Å². The highest BCUT2D eigenvalue weighted by atomic mass is 32.2. The van der Waals surface area contributed by atoms with Gasteiger partial charge in [-0.1, -0.05) is 24.3 Å². The molecule has 0 aliphatic carbocycles. The molecular formula is C28H29F2N3O3S. The molecule has 1 amide bonds. The zero-order valence-electron chi connectivity index (χ0n) is 20.6. The molecule has 0 radical (unpaired) electrons. The summed E-state index contributed by atoms with van der Waals surface area (Å²) >= 11 is 0. The number of hydrogen-bond acceptors (Lipinski definition) is 4. The maximum absolute atomic E-state index is 13.6. The molecule has 5 rings (SSSR count). The zero-order chi connectivity index (χ0) is 26.2. The number of nitrogens with zero attached hydrogens (tertiary/aromatic N) is 3. The normalized spacial score (nSPS) is 17.1. The summed E-state index contributed by atoms with van der Waals surface area (Å²) in [5.41, 5.74) is 3.36. The van der Waals surface area contributed by atoms with Crippen molar-refractivity contribution in [2.24, 2.45) is 0 Å². The predicted octanol–water partition coefficient (Wildman–Crippen LogP) is 4.36. The lowest BCUT2D eigenvalue weighted by Crippen LogP contribution is -2.49. The molecule has 6 nitrogen and oxygen atoms in total. The Morgan fingerprint density at radius 3 is 1.92 bits per heavy atom. The van der Waals surface area contributed by atoms with E-state index in [-0.39, 0.29) is 41.6 Å². The van der Waals surface area contributed by atoms with Crippen LogP contribution in [-0.4, -0.2) is 56.3 Å². The fourth-order valence-electron chi connectivity index (χ4n) is 5.32. The van der Waals surface area contributed by atoms with Crippen LogP contribution >= 0.6 is 0 Å². The van der Waals surface area contributed by atoms with E-state index in [0.717, 1.165) is 35.2 Å². The van der Waals surface area contributed by atoms with Gasteiger partial charge in [-0.15, -0.1) is 0 Å². The third-order valence-corrected chi connectivity index (χ3v) is 9.09. The van der Waals surface area contributed by atoms with Crippen LogP contribution in [0.2, 0.25) is 0 Å². The molecule has 0 saturated carbocycles. The second-order valence-corrected chi connectivity index (χ2v) is 11.4. The van der Waals surface area contributed by atoms with Gasteiger partial charge < -0.3 is 4.90 Å². The van der Waals surface area contributed by atoms with Crippen molar-refractivity contribution in [2.75, 3.05) is 37.6 Å². The summed E-state index contributed by atoms with van der Waals surface area (Å²) < 4.78 is 55.7. The molecule has 0 aromatic heterocycles. The highest BCUT2D eigenvalue weighted by Gasteiger charge is 2.33. The second-order valence-electron chi connectivity index (χ2n) is 9.51. The Morgan fingerprint density at radius 1 is 0.811 bits per heavy atom. The summed E-state index contributed by atoms with van der Waals surface area (Å²) in [6, 6.07) is 17.2. The van der Waals surface area contributed by atoms with Gasteiger partial charge in [0.2, 0.25) is 15.9 Å². The Bertz CT molecular complexity index is 1340. The van der Waals surface area contributed by atoms with Crippen LogP contribution in [0.25, 0.3) is 0 Å². The van der Waals surface area contributed by atoms with Crippen molar-refractivity contribution in [1.29, 1.82) is 0 Å². The summed E-state index contributed by atoms with van der Waals surface area (Å²) in [5.74, 6) is -0.729. The number of hydrogen-bond donors (Lipinski definition) is 0. The van der Waals surface area contributed by atoms with Crippen molar-refractivity contribution >= 4 is 21.6 Å². The fraction of sp³-hybridized carbons (Fsp3) is 0.321. The minimum atomic E-state index is -3.72. The summed E-state index contributed by atoms with van der Waals surface area (Å²) in [6.07, 6.45) is 1.52. The molecule has 0 bridgehead atoms. The number of anilines is 1. The molecule has 0 spiro atoms. The third-order valence-electron chi connectivity index (χ3n) is 7.20. The third kappa shape index (κ3) is 5.16. The number of benzene rings is 3. The average molecular weight is 526 g/mol. The molecule has 1 saturated heterocycles. The van der Waals surface area contributed by atoms with E-state index in [1.165, 1.54) is 35.5 Å². The average Bonchev–Trinajstić information content (AvgIpc) is 2.90. The zero-order valence-corrected chi connectivity index (χ0v) is 21.4. The standard InChI is InChI=1S/C28H29F2N3O3S/c1-20(34)33-14-2-3-23-19-26(12-13-27(23)33)37(35,36)32-17-15-31(16-18-32)28(21-4-8-24(29)9-5-21)22-6-10-25(30)11-7-22/h4-13,19,28H,2-3,14-18H2,1H3. The monoisotopic (exact) mass is 525 g/mol. The summed E-state index contributed by atoms with van der Waals surface area (Å²) in [4.78, 5) is 16.0. The number of rotatable bonds is 5. The van der Waals surface area contributed by atoms with Crippen LogP contribution in [0.5, 0.6) is 0 Å². The van der Waals surface area contributed by atoms with E-state index in [4.69, 9.17) is 0 Å². The first-order valence-electron chi connectivity index (χ1n) is 12.4. The van der Waals surface area contributed by atoms with E-state index < -0.39 is 10.0 Å². The van der Waals surface area contributed by atoms with E-state index in [9.17, 15) is 22.0 Å². The van der Waals surface area contributed by atoms with Gasteiger partial charge in [0, 0.05) is 45.3 Å². The topological polar surface area (TPSA) is 60.9 Å². The van der Waals surface area contributed by atoms with Gasteiger partial charge >= 0.3 is 0 Å². The Kier molecular flexibility index (Phi) is 7.11. The Balaban J connectivity index is 1.36. The number of halogens is 2. The van der Waals surface area contributed by atoms with Crippen LogP contribution in [0.4, 0.5) is 14.5 Å². The van der Waals surface area contributed by atoms with E-state index in [2.05, 4.69) is 4.90 Å². The Labute approximate surface area is 216 Å². The van der Waals surface area contributed by atoms with Crippen LogP contribution in [0.1, 0.15) is 36.1 Å². The highest BCUT2D eigenvalue weighted by Crippen LogP contribution is 2.33.